The van der Waals surface area contributed by atoms with Gasteiger partial charge in [-0.25, -0.2) is 0 Å². The molecule has 3 heteroatoms. The molecule has 152 valence electrons. The molecule has 0 heterocycles. The van der Waals surface area contributed by atoms with Gasteiger partial charge >= 0.3 is 0 Å². The lowest BCUT2D eigenvalue weighted by molar-refractivity contribution is 0.0842. The summed E-state index contributed by atoms with van der Waals surface area (Å²) in [6, 6.07) is 27.4. The Morgan fingerprint density at radius 1 is 0.633 bits per heavy atom. The minimum atomic E-state index is -0.386. The Morgan fingerprint density at radius 2 is 1.07 bits per heavy atom. The molecule has 0 amide bonds. The highest BCUT2D eigenvalue weighted by Gasteiger charge is 2.26. The summed E-state index contributed by atoms with van der Waals surface area (Å²) in [5, 5.41) is 0. The van der Waals surface area contributed by atoms with Gasteiger partial charge in [0.15, 0.2) is 17.3 Å². The van der Waals surface area contributed by atoms with Crippen LogP contribution < -0.4 is 0 Å². The molecule has 0 fully saturated rings. The van der Waals surface area contributed by atoms with Crippen LogP contribution in [0.15, 0.2) is 91.0 Å². The normalized spacial score (nSPS) is 12.7. The molecule has 0 aliphatic carbocycles. The number of ketones is 3. The molecule has 0 aromatic heterocycles. The van der Waals surface area contributed by atoms with Gasteiger partial charge in [0, 0.05) is 34.9 Å². The number of carbonyl (C=O) groups excluding carboxylic acids is 3. The highest BCUT2D eigenvalue weighted by Crippen LogP contribution is 2.25. The van der Waals surface area contributed by atoms with E-state index in [4.69, 9.17) is 0 Å². The third-order valence-electron chi connectivity index (χ3n) is 5.39. The molecular formula is C27H26O3. The summed E-state index contributed by atoms with van der Waals surface area (Å²) in [6.07, 6.45) is 1.12. The Balaban J connectivity index is 1.74. The summed E-state index contributed by atoms with van der Waals surface area (Å²) in [5.41, 5.74) is 1.92. The second-order valence-corrected chi connectivity index (χ2v) is 7.62. The van der Waals surface area contributed by atoms with E-state index in [-0.39, 0.29) is 35.6 Å². The minimum absolute atomic E-state index is 0.0100. The number of benzene rings is 3. The molecule has 3 nitrogen and oxygen atoms in total. The number of hydrogen-bond donors (Lipinski definition) is 0. The first-order valence-corrected chi connectivity index (χ1v) is 10.3. The molecule has 0 aliphatic heterocycles. The van der Waals surface area contributed by atoms with Crippen molar-refractivity contribution in [1.29, 1.82) is 0 Å². The quantitative estimate of drug-likeness (QED) is 0.390. The van der Waals surface area contributed by atoms with Crippen LogP contribution in [0.2, 0.25) is 0 Å². The molecule has 0 saturated carbocycles. The SMILES string of the molecule is CC(CC(CCC(=O)c1ccccc1)C(=O)c1ccccc1)C(=O)c1ccccc1. The van der Waals surface area contributed by atoms with Crippen LogP contribution in [0.3, 0.4) is 0 Å². The van der Waals surface area contributed by atoms with E-state index in [2.05, 4.69) is 0 Å². The van der Waals surface area contributed by atoms with Gasteiger partial charge in [0.05, 0.1) is 0 Å². The van der Waals surface area contributed by atoms with Crippen LogP contribution in [0.1, 0.15) is 57.3 Å². The lowest BCUT2D eigenvalue weighted by Gasteiger charge is -2.20. The van der Waals surface area contributed by atoms with Crippen LogP contribution in [0.5, 0.6) is 0 Å². The van der Waals surface area contributed by atoms with Crippen molar-refractivity contribution in [3.8, 4) is 0 Å². The molecule has 2 atom stereocenters. The Hall–Kier alpha value is -3.33. The van der Waals surface area contributed by atoms with Gasteiger partial charge in [0.1, 0.15) is 0 Å². The fraction of sp³-hybridized carbons (Fsp3) is 0.222. The lowest BCUT2D eigenvalue weighted by Crippen LogP contribution is -2.23. The van der Waals surface area contributed by atoms with E-state index in [0.717, 1.165) is 0 Å². The van der Waals surface area contributed by atoms with Gasteiger partial charge in [-0.3, -0.25) is 14.4 Å². The summed E-state index contributed by atoms with van der Waals surface area (Å²) < 4.78 is 0. The maximum atomic E-state index is 13.2. The number of carbonyl (C=O) groups is 3. The van der Waals surface area contributed by atoms with Crippen molar-refractivity contribution < 1.29 is 14.4 Å². The first-order valence-electron chi connectivity index (χ1n) is 10.3. The first kappa shape index (κ1) is 21.4. The van der Waals surface area contributed by atoms with Gasteiger partial charge < -0.3 is 0 Å². The molecule has 3 aromatic carbocycles. The maximum absolute atomic E-state index is 13.2. The number of Topliss-reactive ketones (excluding diaryl/α,β-unsaturated/α-hetero) is 3. The molecule has 2 unspecified atom stereocenters. The van der Waals surface area contributed by atoms with Crippen molar-refractivity contribution in [3.05, 3.63) is 108 Å². The van der Waals surface area contributed by atoms with Gasteiger partial charge in [-0.05, 0) is 12.8 Å². The molecule has 3 aromatic rings. The van der Waals surface area contributed by atoms with E-state index < -0.39 is 0 Å². The van der Waals surface area contributed by atoms with Crippen molar-refractivity contribution >= 4 is 17.3 Å². The minimum Gasteiger partial charge on any atom is -0.294 e. The van der Waals surface area contributed by atoms with Crippen molar-refractivity contribution in [1.82, 2.24) is 0 Å². The predicted octanol–water partition coefficient (Wildman–Crippen LogP) is 6.06. The Bertz CT molecular complexity index is 978. The fourth-order valence-electron chi connectivity index (χ4n) is 3.69. The third kappa shape index (κ3) is 5.60. The third-order valence-corrected chi connectivity index (χ3v) is 5.39. The average Bonchev–Trinajstić information content (AvgIpc) is 2.82. The van der Waals surface area contributed by atoms with Crippen molar-refractivity contribution in [2.24, 2.45) is 11.8 Å². The van der Waals surface area contributed by atoms with Crippen LogP contribution >= 0.6 is 0 Å². The largest absolute Gasteiger partial charge is 0.294 e. The van der Waals surface area contributed by atoms with E-state index in [1.54, 1.807) is 36.4 Å². The van der Waals surface area contributed by atoms with E-state index >= 15 is 0 Å². The fourth-order valence-corrected chi connectivity index (χ4v) is 3.69. The van der Waals surface area contributed by atoms with Crippen molar-refractivity contribution in [2.75, 3.05) is 0 Å². The Labute approximate surface area is 177 Å². The molecule has 0 aliphatic rings. The monoisotopic (exact) mass is 398 g/mol. The second kappa shape index (κ2) is 10.4. The summed E-state index contributed by atoms with van der Waals surface area (Å²) in [5.74, 6) is -0.664. The Kier molecular flexibility index (Phi) is 7.45. The van der Waals surface area contributed by atoms with Crippen LogP contribution in [0.4, 0.5) is 0 Å². The standard InChI is InChI=1S/C27H26O3/c1-20(26(29)22-13-7-3-8-14-22)19-24(27(30)23-15-9-4-10-16-23)17-18-25(28)21-11-5-2-6-12-21/h2-16,20,24H,17-19H2,1H3. The topological polar surface area (TPSA) is 51.2 Å². The van der Waals surface area contributed by atoms with Gasteiger partial charge in [-0.1, -0.05) is 97.9 Å². The smallest absolute Gasteiger partial charge is 0.165 e. The molecular weight excluding hydrogens is 372 g/mol. The van der Waals surface area contributed by atoms with Gasteiger partial charge in [0.25, 0.3) is 0 Å². The van der Waals surface area contributed by atoms with Crippen molar-refractivity contribution in [2.45, 2.75) is 26.2 Å². The number of rotatable bonds is 10. The summed E-state index contributed by atoms with van der Waals surface area (Å²) in [6.45, 7) is 1.86. The average molecular weight is 399 g/mol. The molecule has 0 saturated heterocycles. The van der Waals surface area contributed by atoms with E-state index in [1.165, 1.54) is 0 Å². The summed E-state index contributed by atoms with van der Waals surface area (Å²) in [7, 11) is 0. The van der Waals surface area contributed by atoms with Crippen molar-refractivity contribution in [3.63, 3.8) is 0 Å². The molecule has 30 heavy (non-hydrogen) atoms. The highest BCUT2D eigenvalue weighted by atomic mass is 16.1. The predicted molar refractivity (Wildman–Crippen MR) is 119 cm³/mol. The lowest BCUT2D eigenvalue weighted by atomic mass is 9.82. The summed E-state index contributed by atoms with van der Waals surface area (Å²) in [4.78, 5) is 38.6. The zero-order valence-corrected chi connectivity index (χ0v) is 17.2. The number of hydrogen-bond acceptors (Lipinski definition) is 3. The molecule has 0 N–H and O–H groups in total. The molecule has 0 radical (unpaired) electrons. The maximum Gasteiger partial charge on any atom is 0.165 e. The molecule has 0 bridgehead atoms. The highest BCUT2D eigenvalue weighted by molar-refractivity contribution is 6.01. The first-order chi connectivity index (χ1) is 14.6. The van der Waals surface area contributed by atoms with Gasteiger partial charge in [0.2, 0.25) is 0 Å². The van der Waals surface area contributed by atoms with E-state index in [0.29, 0.717) is 29.5 Å². The van der Waals surface area contributed by atoms with Gasteiger partial charge in [-0.2, -0.15) is 0 Å². The van der Waals surface area contributed by atoms with Gasteiger partial charge in [-0.15, -0.1) is 0 Å². The van der Waals surface area contributed by atoms with Crippen LogP contribution in [-0.2, 0) is 0 Å². The van der Waals surface area contributed by atoms with Crippen LogP contribution in [0, 0.1) is 11.8 Å². The molecule has 0 spiro atoms. The molecule has 3 rings (SSSR count). The zero-order valence-electron chi connectivity index (χ0n) is 17.2. The second-order valence-electron chi connectivity index (χ2n) is 7.62. The summed E-state index contributed by atoms with van der Waals surface area (Å²) >= 11 is 0. The Morgan fingerprint density at radius 3 is 1.57 bits per heavy atom. The van der Waals surface area contributed by atoms with E-state index in [9.17, 15) is 14.4 Å². The van der Waals surface area contributed by atoms with Crippen LogP contribution in [0.25, 0.3) is 0 Å². The zero-order chi connectivity index (χ0) is 21.3. The van der Waals surface area contributed by atoms with E-state index in [1.807, 2.05) is 61.5 Å². The van der Waals surface area contributed by atoms with Crippen LogP contribution in [-0.4, -0.2) is 17.3 Å².